The molecule has 2 aromatic heterocycles. The van der Waals surface area contributed by atoms with Crippen LogP contribution in [0.1, 0.15) is 31.7 Å². The first-order chi connectivity index (χ1) is 10.8. The molecule has 3 nitrogen and oxygen atoms in total. The number of pyridine rings is 1. The van der Waals surface area contributed by atoms with E-state index in [4.69, 9.17) is 0 Å². The van der Waals surface area contributed by atoms with Gasteiger partial charge in [-0.3, -0.25) is 4.98 Å². The third-order valence-corrected chi connectivity index (χ3v) is 4.56. The molecule has 1 N–H and O–H groups in total. The van der Waals surface area contributed by atoms with E-state index in [1.54, 1.807) is 17.5 Å². The van der Waals surface area contributed by atoms with Gasteiger partial charge in [0.05, 0.1) is 5.69 Å². The first kappa shape index (κ1) is 14.7. The summed E-state index contributed by atoms with van der Waals surface area (Å²) >= 11 is 1.60. The Labute approximate surface area is 135 Å². The molecule has 1 atom stereocenters. The van der Waals surface area contributed by atoms with Gasteiger partial charge in [-0.15, -0.1) is 11.3 Å². The Morgan fingerprint density at radius 1 is 1.18 bits per heavy atom. The minimum atomic E-state index is 0.603. The maximum atomic E-state index is 4.62. The Kier molecular flexibility index (Phi) is 4.49. The smallest absolute Gasteiger partial charge is 0.187 e. The van der Waals surface area contributed by atoms with E-state index in [1.165, 1.54) is 5.56 Å². The first-order valence-electron chi connectivity index (χ1n) is 7.49. The van der Waals surface area contributed by atoms with Crippen molar-refractivity contribution in [3.63, 3.8) is 0 Å². The van der Waals surface area contributed by atoms with E-state index < -0.39 is 0 Å². The Balaban J connectivity index is 1.73. The minimum absolute atomic E-state index is 0.603. The second kappa shape index (κ2) is 6.71. The lowest BCUT2D eigenvalue weighted by Crippen LogP contribution is -1.93. The third kappa shape index (κ3) is 3.34. The van der Waals surface area contributed by atoms with Gasteiger partial charge in [0, 0.05) is 29.0 Å². The number of benzene rings is 1. The second-order valence-corrected chi connectivity index (χ2v) is 6.19. The molecule has 3 aromatic rings. The van der Waals surface area contributed by atoms with Crippen molar-refractivity contribution in [1.29, 1.82) is 0 Å². The van der Waals surface area contributed by atoms with Crippen molar-refractivity contribution in [2.45, 2.75) is 26.2 Å². The molecule has 0 saturated heterocycles. The Morgan fingerprint density at radius 2 is 2.00 bits per heavy atom. The third-order valence-electron chi connectivity index (χ3n) is 3.80. The first-order valence-corrected chi connectivity index (χ1v) is 8.37. The largest absolute Gasteiger partial charge is 0.332 e. The number of rotatable bonds is 5. The maximum Gasteiger partial charge on any atom is 0.187 e. The summed E-state index contributed by atoms with van der Waals surface area (Å²) < 4.78 is 0. The molecule has 0 saturated carbocycles. The fourth-order valence-electron chi connectivity index (χ4n) is 2.23. The van der Waals surface area contributed by atoms with Gasteiger partial charge in [-0.2, -0.15) is 0 Å². The number of hydrogen-bond donors (Lipinski definition) is 1. The predicted molar refractivity (Wildman–Crippen MR) is 93.8 cm³/mol. The fourth-order valence-corrected chi connectivity index (χ4v) is 2.97. The van der Waals surface area contributed by atoms with Crippen molar-refractivity contribution in [1.82, 2.24) is 9.97 Å². The lowest BCUT2D eigenvalue weighted by atomic mass is 9.99. The van der Waals surface area contributed by atoms with E-state index >= 15 is 0 Å². The molecule has 0 aliphatic carbocycles. The van der Waals surface area contributed by atoms with Crippen molar-refractivity contribution in [2.75, 3.05) is 5.32 Å². The van der Waals surface area contributed by atoms with Crippen LogP contribution < -0.4 is 5.32 Å². The molecule has 2 heterocycles. The molecule has 0 amide bonds. The summed E-state index contributed by atoms with van der Waals surface area (Å²) in [7, 11) is 0. The Hall–Kier alpha value is -2.20. The number of nitrogens with zero attached hydrogens (tertiary/aromatic N) is 2. The van der Waals surface area contributed by atoms with Crippen molar-refractivity contribution in [3.8, 4) is 11.3 Å². The van der Waals surface area contributed by atoms with Gasteiger partial charge in [-0.05, 0) is 42.2 Å². The average molecular weight is 309 g/mol. The van der Waals surface area contributed by atoms with E-state index in [9.17, 15) is 0 Å². The number of hydrogen-bond acceptors (Lipinski definition) is 4. The number of aromatic nitrogens is 2. The quantitative estimate of drug-likeness (QED) is 0.680. The molecule has 0 aliphatic rings. The van der Waals surface area contributed by atoms with Crippen molar-refractivity contribution < 1.29 is 0 Å². The zero-order valence-electron chi connectivity index (χ0n) is 12.8. The van der Waals surface area contributed by atoms with E-state index in [-0.39, 0.29) is 0 Å². The van der Waals surface area contributed by atoms with E-state index in [1.807, 2.05) is 23.7 Å². The van der Waals surface area contributed by atoms with Crippen LogP contribution in [-0.4, -0.2) is 9.97 Å². The SMILES string of the molecule is CCC(C)c1ccc(Nc2nc(-c3cccnc3)cs2)cc1. The summed E-state index contributed by atoms with van der Waals surface area (Å²) in [4.78, 5) is 8.75. The van der Waals surface area contributed by atoms with E-state index in [2.05, 4.69) is 53.4 Å². The summed E-state index contributed by atoms with van der Waals surface area (Å²) in [6.45, 7) is 4.47. The van der Waals surface area contributed by atoms with Gasteiger partial charge in [0.2, 0.25) is 0 Å². The summed E-state index contributed by atoms with van der Waals surface area (Å²) in [6.07, 6.45) is 4.77. The molecule has 112 valence electrons. The monoisotopic (exact) mass is 309 g/mol. The standard InChI is InChI=1S/C18H19N3S/c1-3-13(2)14-6-8-16(9-7-14)20-18-21-17(12-22-18)15-5-4-10-19-11-15/h4-13H,3H2,1-2H3,(H,20,21). The molecular weight excluding hydrogens is 290 g/mol. The fraction of sp³-hybridized carbons (Fsp3) is 0.222. The molecule has 0 bridgehead atoms. The predicted octanol–water partition coefficient (Wildman–Crippen LogP) is 5.46. The molecular formula is C18H19N3S. The average Bonchev–Trinajstić information content (AvgIpc) is 3.04. The normalized spacial score (nSPS) is 12.1. The highest BCUT2D eigenvalue weighted by Crippen LogP contribution is 2.27. The van der Waals surface area contributed by atoms with Gasteiger partial charge < -0.3 is 5.32 Å². The van der Waals surface area contributed by atoms with Gasteiger partial charge >= 0.3 is 0 Å². The lowest BCUT2D eigenvalue weighted by Gasteiger charge is -2.10. The summed E-state index contributed by atoms with van der Waals surface area (Å²) in [6, 6.07) is 12.6. The number of nitrogens with one attached hydrogen (secondary N) is 1. The summed E-state index contributed by atoms with van der Waals surface area (Å²) in [5, 5.41) is 6.31. The Morgan fingerprint density at radius 3 is 2.68 bits per heavy atom. The highest BCUT2D eigenvalue weighted by molar-refractivity contribution is 7.14. The highest BCUT2D eigenvalue weighted by atomic mass is 32.1. The van der Waals surface area contributed by atoms with Gasteiger partial charge in [0.15, 0.2) is 5.13 Å². The molecule has 3 rings (SSSR count). The second-order valence-electron chi connectivity index (χ2n) is 5.34. The Bertz CT molecular complexity index is 720. The number of anilines is 2. The van der Waals surface area contributed by atoms with Gasteiger partial charge in [0.1, 0.15) is 0 Å². The molecule has 1 aromatic carbocycles. The van der Waals surface area contributed by atoms with Gasteiger partial charge in [-0.1, -0.05) is 26.0 Å². The van der Waals surface area contributed by atoms with E-state index in [0.717, 1.165) is 28.5 Å². The molecule has 0 radical (unpaired) electrons. The molecule has 4 heteroatoms. The molecule has 0 fully saturated rings. The number of thiazole rings is 1. The topological polar surface area (TPSA) is 37.8 Å². The minimum Gasteiger partial charge on any atom is -0.332 e. The van der Waals surface area contributed by atoms with Crippen LogP contribution >= 0.6 is 11.3 Å². The van der Waals surface area contributed by atoms with Crippen LogP contribution in [0.25, 0.3) is 11.3 Å². The lowest BCUT2D eigenvalue weighted by molar-refractivity contribution is 0.734. The molecule has 22 heavy (non-hydrogen) atoms. The summed E-state index contributed by atoms with van der Waals surface area (Å²) in [5.74, 6) is 0.603. The van der Waals surface area contributed by atoms with Crippen molar-refractivity contribution in [3.05, 3.63) is 59.7 Å². The van der Waals surface area contributed by atoms with Gasteiger partial charge in [-0.25, -0.2) is 4.98 Å². The van der Waals surface area contributed by atoms with Crippen LogP contribution in [0.3, 0.4) is 0 Å². The van der Waals surface area contributed by atoms with Crippen LogP contribution in [0.2, 0.25) is 0 Å². The summed E-state index contributed by atoms with van der Waals surface area (Å²) in [5.41, 5.74) is 4.44. The molecule has 1 unspecified atom stereocenters. The van der Waals surface area contributed by atoms with Crippen molar-refractivity contribution >= 4 is 22.2 Å². The van der Waals surface area contributed by atoms with Crippen LogP contribution in [-0.2, 0) is 0 Å². The van der Waals surface area contributed by atoms with Crippen LogP contribution in [0.15, 0.2) is 54.2 Å². The van der Waals surface area contributed by atoms with Crippen LogP contribution in [0, 0.1) is 0 Å². The van der Waals surface area contributed by atoms with Crippen LogP contribution in [0.4, 0.5) is 10.8 Å². The highest BCUT2D eigenvalue weighted by Gasteiger charge is 2.06. The molecule has 0 aliphatic heterocycles. The van der Waals surface area contributed by atoms with E-state index in [0.29, 0.717) is 5.92 Å². The van der Waals surface area contributed by atoms with Gasteiger partial charge in [0.25, 0.3) is 0 Å². The maximum absolute atomic E-state index is 4.62. The zero-order valence-corrected chi connectivity index (χ0v) is 13.6. The zero-order chi connectivity index (χ0) is 15.4. The van der Waals surface area contributed by atoms with Crippen molar-refractivity contribution in [2.24, 2.45) is 0 Å². The molecule has 0 spiro atoms. The van der Waals surface area contributed by atoms with Crippen LogP contribution in [0.5, 0.6) is 0 Å².